The van der Waals surface area contributed by atoms with Crippen molar-refractivity contribution in [3.63, 3.8) is 0 Å². The third kappa shape index (κ3) is 3.50. The van der Waals surface area contributed by atoms with E-state index in [4.69, 9.17) is 4.74 Å². The molecule has 1 N–H and O–H groups in total. The average Bonchev–Trinajstić information content (AvgIpc) is 2.85. The fourth-order valence-electron chi connectivity index (χ4n) is 2.10. The molecule has 2 aromatic rings. The van der Waals surface area contributed by atoms with Gasteiger partial charge in [-0.1, -0.05) is 6.07 Å². The number of nitro groups is 1. The van der Waals surface area contributed by atoms with Crippen LogP contribution in [0.3, 0.4) is 0 Å². The highest BCUT2D eigenvalue weighted by Gasteiger charge is 2.20. The van der Waals surface area contributed by atoms with Gasteiger partial charge in [0, 0.05) is 31.9 Å². The molecule has 0 aliphatic heterocycles. The summed E-state index contributed by atoms with van der Waals surface area (Å²) in [5.74, 6) is 0.285. The maximum Gasteiger partial charge on any atom is 0.333 e. The molecule has 0 atom stereocenters. The highest BCUT2D eigenvalue weighted by molar-refractivity contribution is 5.68. The lowest BCUT2D eigenvalue weighted by molar-refractivity contribution is -0.384. The first-order valence-electron chi connectivity index (χ1n) is 6.74. The van der Waals surface area contributed by atoms with Crippen molar-refractivity contribution in [3.8, 4) is 5.75 Å². The van der Waals surface area contributed by atoms with E-state index in [1.165, 1.54) is 0 Å². The second-order valence-electron chi connectivity index (χ2n) is 4.47. The van der Waals surface area contributed by atoms with E-state index in [0.717, 1.165) is 12.1 Å². The van der Waals surface area contributed by atoms with Crippen molar-refractivity contribution in [2.45, 2.75) is 13.3 Å². The summed E-state index contributed by atoms with van der Waals surface area (Å²) < 4.78 is 7.10. The minimum Gasteiger partial charge on any atom is -0.487 e. The first-order valence-corrected chi connectivity index (χ1v) is 6.74. The first kappa shape index (κ1) is 14.8. The Labute approximate surface area is 122 Å². The molecule has 2 rings (SSSR count). The Balaban J connectivity index is 2.10. The second kappa shape index (κ2) is 6.74. The number of nitrogens with zero attached hydrogens (tertiary/aromatic N) is 3. The lowest BCUT2D eigenvalue weighted by Crippen LogP contribution is -2.10. The lowest BCUT2D eigenvalue weighted by atomic mass is 10.2. The molecular formula is C14H18N4O3. The number of para-hydroxylation sites is 1. The van der Waals surface area contributed by atoms with Gasteiger partial charge in [0.1, 0.15) is 5.69 Å². The molecule has 7 nitrogen and oxygen atoms in total. The SMILES string of the molecule is CCOc1cccc(NCCc2ccnn2C)c1[N+](=O)[O-]. The van der Waals surface area contributed by atoms with E-state index in [9.17, 15) is 10.1 Å². The van der Waals surface area contributed by atoms with Gasteiger partial charge in [0.05, 0.1) is 11.5 Å². The quantitative estimate of drug-likeness (QED) is 0.625. The van der Waals surface area contributed by atoms with E-state index in [1.807, 2.05) is 13.1 Å². The maximum atomic E-state index is 11.2. The third-order valence-electron chi connectivity index (χ3n) is 3.10. The summed E-state index contributed by atoms with van der Waals surface area (Å²) in [5.41, 5.74) is 1.50. The van der Waals surface area contributed by atoms with Crippen molar-refractivity contribution in [1.82, 2.24) is 9.78 Å². The summed E-state index contributed by atoms with van der Waals surface area (Å²) in [7, 11) is 1.87. The summed E-state index contributed by atoms with van der Waals surface area (Å²) in [6, 6.07) is 6.95. The summed E-state index contributed by atoms with van der Waals surface area (Å²) in [5, 5.41) is 18.4. The van der Waals surface area contributed by atoms with Gasteiger partial charge in [0.25, 0.3) is 0 Å². The summed E-state index contributed by atoms with van der Waals surface area (Å²) in [4.78, 5) is 10.8. The molecule has 0 fully saturated rings. The van der Waals surface area contributed by atoms with E-state index in [1.54, 1.807) is 36.0 Å². The molecule has 1 aromatic carbocycles. The number of rotatable bonds is 7. The van der Waals surface area contributed by atoms with Crippen LogP contribution in [0, 0.1) is 10.1 Å². The van der Waals surface area contributed by atoms with Gasteiger partial charge in [-0.3, -0.25) is 14.8 Å². The molecule has 0 radical (unpaired) electrons. The van der Waals surface area contributed by atoms with Gasteiger partial charge >= 0.3 is 5.69 Å². The molecular weight excluding hydrogens is 272 g/mol. The van der Waals surface area contributed by atoms with Crippen molar-refractivity contribution >= 4 is 11.4 Å². The van der Waals surface area contributed by atoms with Crippen LogP contribution in [0.5, 0.6) is 5.75 Å². The van der Waals surface area contributed by atoms with Crippen molar-refractivity contribution in [2.75, 3.05) is 18.5 Å². The van der Waals surface area contributed by atoms with Crippen LogP contribution in [-0.4, -0.2) is 27.9 Å². The Morgan fingerprint density at radius 2 is 2.24 bits per heavy atom. The first-order chi connectivity index (χ1) is 10.1. The van der Waals surface area contributed by atoms with Crippen LogP contribution < -0.4 is 10.1 Å². The molecule has 7 heteroatoms. The Bertz CT molecular complexity index is 624. The van der Waals surface area contributed by atoms with Crippen LogP contribution in [0.4, 0.5) is 11.4 Å². The molecule has 0 spiro atoms. The summed E-state index contributed by atoms with van der Waals surface area (Å²) in [6.45, 7) is 2.77. The van der Waals surface area contributed by atoms with Crippen molar-refractivity contribution in [1.29, 1.82) is 0 Å². The third-order valence-corrected chi connectivity index (χ3v) is 3.10. The number of aryl methyl sites for hydroxylation is 1. The van der Waals surface area contributed by atoms with Crippen LogP contribution in [0.15, 0.2) is 30.5 Å². The molecule has 0 saturated heterocycles. The van der Waals surface area contributed by atoms with Gasteiger partial charge in [-0.25, -0.2) is 0 Å². The van der Waals surface area contributed by atoms with Crippen molar-refractivity contribution in [2.24, 2.45) is 7.05 Å². The predicted molar refractivity (Wildman–Crippen MR) is 79.7 cm³/mol. The molecule has 0 bridgehead atoms. The van der Waals surface area contributed by atoms with Crippen molar-refractivity contribution in [3.05, 3.63) is 46.3 Å². The molecule has 1 heterocycles. The average molecular weight is 290 g/mol. The molecule has 112 valence electrons. The number of hydrogen-bond donors (Lipinski definition) is 1. The fraction of sp³-hybridized carbons (Fsp3) is 0.357. The smallest absolute Gasteiger partial charge is 0.333 e. The van der Waals surface area contributed by atoms with Crippen LogP contribution in [0.25, 0.3) is 0 Å². The van der Waals surface area contributed by atoms with Crippen LogP contribution in [0.1, 0.15) is 12.6 Å². The molecule has 21 heavy (non-hydrogen) atoms. The van der Waals surface area contributed by atoms with E-state index < -0.39 is 4.92 Å². The summed E-state index contributed by atoms with van der Waals surface area (Å²) >= 11 is 0. The molecule has 0 saturated carbocycles. The highest BCUT2D eigenvalue weighted by atomic mass is 16.6. The van der Waals surface area contributed by atoms with Gasteiger partial charge in [0.2, 0.25) is 0 Å². The van der Waals surface area contributed by atoms with Crippen molar-refractivity contribution < 1.29 is 9.66 Å². The Hall–Kier alpha value is -2.57. The number of anilines is 1. The number of nitro benzene ring substituents is 1. The van der Waals surface area contributed by atoms with Gasteiger partial charge in [-0.2, -0.15) is 5.10 Å². The predicted octanol–water partition coefficient (Wildman–Crippen LogP) is 2.38. The van der Waals surface area contributed by atoms with Gasteiger partial charge in [-0.05, 0) is 25.1 Å². The zero-order chi connectivity index (χ0) is 15.2. The van der Waals surface area contributed by atoms with E-state index in [0.29, 0.717) is 18.8 Å². The Morgan fingerprint density at radius 1 is 1.43 bits per heavy atom. The lowest BCUT2D eigenvalue weighted by Gasteiger charge is -2.10. The largest absolute Gasteiger partial charge is 0.487 e. The number of hydrogen-bond acceptors (Lipinski definition) is 5. The number of nitrogens with one attached hydrogen (secondary N) is 1. The van der Waals surface area contributed by atoms with Crippen LogP contribution in [-0.2, 0) is 13.5 Å². The zero-order valence-corrected chi connectivity index (χ0v) is 12.1. The zero-order valence-electron chi connectivity index (χ0n) is 12.1. The number of benzene rings is 1. The minimum absolute atomic E-state index is 0.0237. The number of ether oxygens (including phenoxy) is 1. The highest BCUT2D eigenvalue weighted by Crippen LogP contribution is 2.34. The fourth-order valence-corrected chi connectivity index (χ4v) is 2.10. The number of aromatic nitrogens is 2. The van der Waals surface area contributed by atoms with Gasteiger partial charge in [-0.15, -0.1) is 0 Å². The van der Waals surface area contributed by atoms with E-state index >= 15 is 0 Å². The standard InChI is InChI=1S/C14H18N4O3/c1-3-21-13-6-4-5-12(14(13)18(19)20)15-9-7-11-8-10-16-17(11)2/h4-6,8,10,15H,3,7,9H2,1-2H3. The van der Waals surface area contributed by atoms with E-state index in [2.05, 4.69) is 10.4 Å². The van der Waals surface area contributed by atoms with Gasteiger partial charge in [0.15, 0.2) is 5.75 Å². The monoisotopic (exact) mass is 290 g/mol. The second-order valence-corrected chi connectivity index (χ2v) is 4.47. The minimum atomic E-state index is -0.419. The molecule has 0 aliphatic carbocycles. The van der Waals surface area contributed by atoms with Crippen LogP contribution >= 0.6 is 0 Å². The molecule has 0 unspecified atom stereocenters. The molecule has 0 amide bonds. The Morgan fingerprint density at radius 3 is 2.86 bits per heavy atom. The topological polar surface area (TPSA) is 82.2 Å². The van der Waals surface area contributed by atoms with Crippen LogP contribution in [0.2, 0.25) is 0 Å². The molecule has 1 aromatic heterocycles. The molecule has 0 aliphatic rings. The normalized spacial score (nSPS) is 10.4. The maximum absolute atomic E-state index is 11.2. The van der Waals surface area contributed by atoms with E-state index in [-0.39, 0.29) is 11.4 Å². The van der Waals surface area contributed by atoms with Gasteiger partial charge < -0.3 is 10.1 Å². The summed E-state index contributed by atoms with van der Waals surface area (Å²) in [6.07, 6.45) is 2.46. The Kier molecular flexibility index (Phi) is 4.76.